The predicted octanol–water partition coefficient (Wildman–Crippen LogP) is 3.05. The number of hydrogen-bond acceptors (Lipinski definition) is 4. The summed E-state index contributed by atoms with van der Waals surface area (Å²) in [4.78, 5) is 23.0. The number of halogens is 1. The largest absolute Gasteiger partial charge is 0.481 e. The number of rotatable bonds is 6. The van der Waals surface area contributed by atoms with Crippen LogP contribution in [0.5, 0.6) is 0 Å². The number of nitro benzene ring substituents is 1. The third kappa shape index (κ3) is 4.20. The van der Waals surface area contributed by atoms with Gasteiger partial charge in [-0.1, -0.05) is 15.9 Å². The van der Waals surface area contributed by atoms with Gasteiger partial charge in [0.05, 0.1) is 11.3 Å². The van der Waals surface area contributed by atoms with E-state index in [4.69, 9.17) is 5.11 Å². The number of nitrogens with zero attached hydrogens (tertiary/aromatic N) is 2. The van der Waals surface area contributed by atoms with Crippen molar-refractivity contribution in [3.63, 3.8) is 0 Å². The molecule has 0 radical (unpaired) electrons. The Balaban J connectivity index is 3.14. The van der Waals surface area contributed by atoms with Gasteiger partial charge in [0.15, 0.2) is 0 Å². The van der Waals surface area contributed by atoms with E-state index in [1.807, 2.05) is 13.8 Å². The average molecular weight is 331 g/mol. The van der Waals surface area contributed by atoms with Gasteiger partial charge in [0, 0.05) is 23.1 Å². The van der Waals surface area contributed by atoms with E-state index < -0.39 is 10.9 Å². The van der Waals surface area contributed by atoms with Crippen molar-refractivity contribution in [2.45, 2.75) is 26.3 Å². The fourth-order valence-corrected chi connectivity index (χ4v) is 2.11. The van der Waals surface area contributed by atoms with Crippen molar-refractivity contribution in [2.24, 2.45) is 0 Å². The Morgan fingerprint density at radius 2 is 2.16 bits per heavy atom. The van der Waals surface area contributed by atoms with E-state index in [1.54, 1.807) is 17.0 Å². The fourth-order valence-electron chi connectivity index (χ4n) is 1.76. The van der Waals surface area contributed by atoms with Crippen LogP contribution in [0, 0.1) is 10.1 Å². The van der Waals surface area contributed by atoms with Crippen molar-refractivity contribution in [1.29, 1.82) is 0 Å². The molecule has 0 amide bonds. The lowest BCUT2D eigenvalue weighted by Crippen LogP contribution is -2.33. The Hall–Kier alpha value is -1.63. The zero-order valence-electron chi connectivity index (χ0n) is 10.7. The van der Waals surface area contributed by atoms with Crippen LogP contribution in [0.2, 0.25) is 0 Å². The van der Waals surface area contributed by atoms with Gasteiger partial charge >= 0.3 is 5.97 Å². The molecule has 0 aromatic heterocycles. The van der Waals surface area contributed by atoms with Crippen molar-refractivity contribution in [3.05, 3.63) is 32.8 Å². The molecule has 1 aromatic carbocycles. The van der Waals surface area contributed by atoms with Crippen LogP contribution < -0.4 is 4.90 Å². The highest BCUT2D eigenvalue weighted by molar-refractivity contribution is 9.10. The molecule has 0 saturated carbocycles. The lowest BCUT2D eigenvalue weighted by atomic mass is 10.2. The zero-order valence-corrected chi connectivity index (χ0v) is 12.3. The van der Waals surface area contributed by atoms with Gasteiger partial charge in [-0.3, -0.25) is 14.9 Å². The first-order valence-corrected chi connectivity index (χ1v) is 6.54. The van der Waals surface area contributed by atoms with Gasteiger partial charge < -0.3 is 10.0 Å². The summed E-state index contributed by atoms with van der Waals surface area (Å²) in [6.07, 6.45) is -0.0641. The highest BCUT2D eigenvalue weighted by atomic mass is 79.9. The average Bonchev–Trinajstić information content (AvgIpc) is 2.29. The second-order valence-corrected chi connectivity index (χ2v) is 5.24. The molecular weight excluding hydrogens is 316 g/mol. The Labute approximate surface area is 119 Å². The van der Waals surface area contributed by atoms with E-state index in [-0.39, 0.29) is 24.7 Å². The van der Waals surface area contributed by atoms with Gasteiger partial charge in [0.1, 0.15) is 5.69 Å². The summed E-state index contributed by atoms with van der Waals surface area (Å²) in [5, 5.41) is 19.8. The van der Waals surface area contributed by atoms with Crippen LogP contribution in [0.15, 0.2) is 22.7 Å². The molecule has 0 unspecified atom stereocenters. The Morgan fingerprint density at radius 3 is 2.63 bits per heavy atom. The Bertz CT molecular complexity index is 491. The van der Waals surface area contributed by atoms with Gasteiger partial charge in [0.2, 0.25) is 0 Å². The molecule has 7 heteroatoms. The van der Waals surface area contributed by atoms with Crippen LogP contribution in [-0.2, 0) is 4.79 Å². The molecule has 0 spiro atoms. The molecule has 0 aliphatic rings. The third-order valence-corrected chi connectivity index (χ3v) is 3.13. The number of nitro groups is 1. The number of carbonyl (C=O) groups is 1. The molecule has 1 rings (SSSR count). The van der Waals surface area contributed by atoms with Crippen molar-refractivity contribution in [3.8, 4) is 0 Å². The van der Waals surface area contributed by atoms with Crippen molar-refractivity contribution in [2.75, 3.05) is 11.4 Å². The van der Waals surface area contributed by atoms with Crippen molar-refractivity contribution < 1.29 is 14.8 Å². The summed E-state index contributed by atoms with van der Waals surface area (Å²) < 4.78 is 0.616. The first-order chi connectivity index (χ1) is 8.82. The third-order valence-electron chi connectivity index (χ3n) is 2.63. The second kappa shape index (κ2) is 6.51. The predicted molar refractivity (Wildman–Crippen MR) is 75.5 cm³/mol. The van der Waals surface area contributed by atoms with Crippen molar-refractivity contribution in [1.82, 2.24) is 0 Å². The van der Waals surface area contributed by atoms with Crippen LogP contribution >= 0.6 is 15.9 Å². The van der Waals surface area contributed by atoms with Gasteiger partial charge in [-0.25, -0.2) is 0 Å². The van der Waals surface area contributed by atoms with Gasteiger partial charge in [-0.2, -0.15) is 0 Å². The Kier molecular flexibility index (Phi) is 5.29. The van der Waals surface area contributed by atoms with E-state index in [9.17, 15) is 14.9 Å². The lowest BCUT2D eigenvalue weighted by Gasteiger charge is -2.28. The molecule has 0 aliphatic carbocycles. The van der Waals surface area contributed by atoms with Gasteiger partial charge in [-0.15, -0.1) is 0 Å². The minimum absolute atomic E-state index is 0.0285. The molecule has 0 heterocycles. The topological polar surface area (TPSA) is 83.7 Å². The number of carboxylic acids is 1. The maximum Gasteiger partial charge on any atom is 0.305 e. The number of aliphatic carboxylic acids is 1. The number of anilines is 1. The minimum atomic E-state index is -0.926. The molecule has 104 valence electrons. The van der Waals surface area contributed by atoms with Crippen LogP contribution in [0.25, 0.3) is 0 Å². The van der Waals surface area contributed by atoms with Crippen LogP contribution in [0.1, 0.15) is 20.3 Å². The van der Waals surface area contributed by atoms with Crippen LogP contribution in [0.3, 0.4) is 0 Å². The van der Waals surface area contributed by atoms with E-state index in [2.05, 4.69) is 15.9 Å². The van der Waals surface area contributed by atoms with E-state index in [0.29, 0.717) is 10.2 Å². The fraction of sp³-hybridized carbons (Fsp3) is 0.417. The molecule has 0 saturated heterocycles. The molecule has 6 nitrogen and oxygen atoms in total. The lowest BCUT2D eigenvalue weighted by molar-refractivity contribution is -0.384. The maximum absolute atomic E-state index is 11.1. The first kappa shape index (κ1) is 15.4. The quantitative estimate of drug-likeness (QED) is 0.640. The molecule has 0 bridgehead atoms. The van der Waals surface area contributed by atoms with E-state index >= 15 is 0 Å². The highest BCUT2D eigenvalue weighted by Gasteiger charge is 2.22. The molecule has 0 aliphatic heterocycles. The van der Waals surface area contributed by atoms with E-state index in [1.165, 1.54) is 6.07 Å². The number of benzene rings is 1. The molecule has 19 heavy (non-hydrogen) atoms. The number of hydrogen-bond donors (Lipinski definition) is 1. The van der Waals surface area contributed by atoms with Gasteiger partial charge in [0.25, 0.3) is 5.69 Å². The highest BCUT2D eigenvalue weighted by Crippen LogP contribution is 2.32. The smallest absolute Gasteiger partial charge is 0.305 e. The molecular formula is C12H15BrN2O4. The zero-order chi connectivity index (χ0) is 14.6. The maximum atomic E-state index is 11.1. The number of carboxylic acid groups (broad SMARTS) is 1. The van der Waals surface area contributed by atoms with E-state index in [0.717, 1.165) is 0 Å². The summed E-state index contributed by atoms with van der Waals surface area (Å²) in [5.41, 5.74) is 0.401. The summed E-state index contributed by atoms with van der Waals surface area (Å²) in [5.74, 6) is -0.926. The monoisotopic (exact) mass is 330 g/mol. The summed E-state index contributed by atoms with van der Waals surface area (Å²) in [6.45, 7) is 3.97. The summed E-state index contributed by atoms with van der Waals surface area (Å²) >= 11 is 3.20. The second-order valence-electron chi connectivity index (χ2n) is 4.32. The molecule has 1 N–H and O–H groups in total. The molecule has 0 atom stereocenters. The summed E-state index contributed by atoms with van der Waals surface area (Å²) in [6, 6.07) is 4.73. The summed E-state index contributed by atoms with van der Waals surface area (Å²) in [7, 11) is 0. The minimum Gasteiger partial charge on any atom is -0.481 e. The van der Waals surface area contributed by atoms with Crippen molar-refractivity contribution >= 4 is 33.3 Å². The van der Waals surface area contributed by atoms with Gasteiger partial charge in [-0.05, 0) is 26.0 Å². The SMILES string of the molecule is CC(C)N(CCC(=O)O)c1ccc(Br)cc1[N+](=O)[O-]. The Morgan fingerprint density at radius 1 is 1.53 bits per heavy atom. The van der Waals surface area contributed by atoms with Crippen LogP contribution in [0.4, 0.5) is 11.4 Å². The van der Waals surface area contributed by atoms with Crippen LogP contribution in [-0.4, -0.2) is 28.6 Å². The first-order valence-electron chi connectivity index (χ1n) is 5.75. The molecule has 1 aromatic rings. The standard InChI is InChI=1S/C12H15BrN2O4/c1-8(2)14(6-5-12(16)17)10-4-3-9(13)7-11(10)15(18)19/h3-4,7-8H,5-6H2,1-2H3,(H,16,17). The normalized spacial score (nSPS) is 10.5. The molecule has 0 fully saturated rings.